The lowest BCUT2D eigenvalue weighted by molar-refractivity contribution is 0.1000. The van der Waals surface area contributed by atoms with Gasteiger partial charge in [0.2, 0.25) is 5.91 Å². The van der Waals surface area contributed by atoms with Gasteiger partial charge in [0.05, 0.1) is 5.69 Å². The highest BCUT2D eigenvalue weighted by Crippen LogP contribution is 2.24. The molecule has 3 N–H and O–H groups in total. The topological polar surface area (TPSA) is 93.8 Å². The van der Waals surface area contributed by atoms with Crippen molar-refractivity contribution in [3.05, 3.63) is 71.7 Å². The maximum atomic E-state index is 13.1. The zero-order valence-electron chi connectivity index (χ0n) is 15.1. The van der Waals surface area contributed by atoms with Crippen LogP contribution in [0.4, 0.5) is 10.2 Å². The van der Waals surface area contributed by atoms with E-state index in [0.29, 0.717) is 29.3 Å². The SMILES string of the molecule is CC(C)(CNc1ccc(-c2cc(C(N)=O)ccn2)nn1)c1ccc(F)cc1. The standard InChI is InChI=1S/C20H20FN5O/c1-20(2,14-3-5-15(21)6-4-14)12-24-18-8-7-16(25-26-18)17-11-13(19(22)27)9-10-23-17/h3-11H,12H2,1-2H3,(H2,22,27)(H,24,26). The van der Waals surface area contributed by atoms with E-state index in [9.17, 15) is 9.18 Å². The van der Waals surface area contributed by atoms with Crippen LogP contribution in [0.25, 0.3) is 11.4 Å². The molecule has 2 heterocycles. The molecule has 3 rings (SSSR count). The van der Waals surface area contributed by atoms with Gasteiger partial charge in [0.15, 0.2) is 0 Å². The average molecular weight is 365 g/mol. The number of anilines is 1. The molecule has 2 aromatic heterocycles. The van der Waals surface area contributed by atoms with Crippen LogP contribution in [-0.4, -0.2) is 27.6 Å². The number of hydrogen-bond donors (Lipinski definition) is 2. The van der Waals surface area contributed by atoms with Crippen LogP contribution in [-0.2, 0) is 5.41 Å². The van der Waals surface area contributed by atoms with Gasteiger partial charge in [-0.3, -0.25) is 9.78 Å². The Kier molecular flexibility index (Phi) is 5.12. The summed E-state index contributed by atoms with van der Waals surface area (Å²) in [7, 11) is 0. The molecule has 1 aromatic carbocycles. The van der Waals surface area contributed by atoms with Crippen molar-refractivity contribution in [1.82, 2.24) is 15.2 Å². The molecule has 0 spiro atoms. The molecule has 138 valence electrons. The van der Waals surface area contributed by atoms with Gasteiger partial charge in [0.1, 0.15) is 17.3 Å². The van der Waals surface area contributed by atoms with Crippen LogP contribution in [0.3, 0.4) is 0 Å². The van der Waals surface area contributed by atoms with Crippen molar-refractivity contribution in [2.75, 3.05) is 11.9 Å². The second-order valence-electron chi connectivity index (χ2n) is 6.84. The Morgan fingerprint density at radius 2 is 1.81 bits per heavy atom. The van der Waals surface area contributed by atoms with Crippen molar-refractivity contribution in [3.8, 4) is 11.4 Å². The van der Waals surface area contributed by atoms with Crippen LogP contribution in [0.15, 0.2) is 54.7 Å². The molecule has 6 nitrogen and oxygen atoms in total. The minimum Gasteiger partial charge on any atom is -0.368 e. The van der Waals surface area contributed by atoms with Crippen molar-refractivity contribution in [1.29, 1.82) is 0 Å². The quantitative estimate of drug-likeness (QED) is 0.700. The molecule has 0 bridgehead atoms. The molecular weight excluding hydrogens is 345 g/mol. The van der Waals surface area contributed by atoms with E-state index in [1.807, 2.05) is 0 Å². The molecule has 0 fully saturated rings. The van der Waals surface area contributed by atoms with E-state index in [1.54, 1.807) is 36.4 Å². The third-order valence-corrected chi connectivity index (χ3v) is 4.31. The molecule has 7 heteroatoms. The van der Waals surface area contributed by atoms with Crippen LogP contribution >= 0.6 is 0 Å². The number of nitrogens with zero attached hydrogens (tertiary/aromatic N) is 3. The zero-order chi connectivity index (χ0) is 19.4. The van der Waals surface area contributed by atoms with Crippen molar-refractivity contribution >= 4 is 11.7 Å². The smallest absolute Gasteiger partial charge is 0.248 e. The number of nitrogens with two attached hydrogens (primary N) is 1. The van der Waals surface area contributed by atoms with Crippen molar-refractivity contribution < 1.29 is 9.18 Å². The first kappa shape index (κ1) is 18.4. The minimum atomic E-state index is -0.520. The second-order valence-corrected chi connectivity index (χ2v) is 6.84. The predicted molar refractivity (Wildman–Crippen MR) is 102 cm³/mol. The Morgan fingerprint density at radius 3 is 2.44 bits per heavy atom. The number of nitrogens with one attached hydrogen (secondary N) is 1. The van der Waals surface area contributed by atoms with Crippen LogP contribution in [0, 0.1) is 5.82 Å². The number of benzene rings is 1. The number of amides is 1. The summed E-state index contributed by atoms with van der Waals surface area (Å²) in [5, 5.41) is 11.6. The molecule has 0 radical (unpaired) electrons. The molecule has 0 saturated heterocycles. The first-order valence-corrected chi connectivity index (χ1v) is 8.45. The molecule has 0 atom stereocenters. The van der Waals surface area contributed by atoms with Gasteiger partial charge in [-0.15, -0.1) is 10.2 Å². The number of carbonyl (C=O) groups is 1. The largest absolute Gasteiger partial charge is 0.368 e. The third kappa shape index (κ3) is 4.44. The third-order valence-electron chi connectivity index (χ3n) is 4.31. The molecule has 27 heavy (non-hydrogen) atoms. The summed E-state index contributed by atoms with van der Waals surface area (Å²) in [6.07, 6.45) is 1.51. The van der Waals surface area contributed by atoms with Crippen LogP contribution < -0.4 is 11.1 Å². The molecule has 0 unspecified atom stereocenters. The average Bonchev–Trinajstić information content (AvgIpc) is 2.67. The lowest BCUT2D eigenvalue weighted by Crippen LogP contribution is -2.28. The summed E-state index contributed by atoms with van der Waals surface area (Å²) >= 11 is 0. The van der Waals surface area contributed by atoms with E-state index in [4.69, 9.17) is 5.73 Å². The normalized spacial score (nSPS) is 11.2. The van der Waals surface area contributed by atoms with Gasteiger partial charge in [0.25, 0.3) is 0 Å². The van der Waals surface area contributed by atoms with Gasteiger partial charge >= 0.3 is 0 Å². The lowest BCUT2D eigenvalue weighted by atomic mass is 9.84. The summed E-state index contributed by atoms with van der Waals surface area (Å²) in [4.78, 5) is 15.5. The van der Waals surface area contributed by atoms with Crippen LogP contribution in [0.5, 0.6) is 0 Å². The summed E-state index contributed by atoms with van der Waals surface area (Å²) in [6, 6.07) is 13.2. The van der Waals surface area contributed by atoms with Crippen LogP contribution in [0.1, 0.15) is 29.8 Å². The fourth-order valence-corrected chi connectivity index (χ4v) is 2.60. The molecular formula is C20H20FN5O. The zero-order valence-corrected chi connectivity index (χ0v) is 15.1. The Hall–Kier alpha value is -3.35. The number of primary amides is 1. The van der Waals surface area contributed by atoms with E-state index in [2.05, 4.69) is 34.3 Å². The number of carbonyl (C=O) groups excluding carboxylic acids is 1. The Labute approximate surface area is 156 Å². The minimum absolute atomic E-state index is 0.217. The maximum absolute atomic E-state index is 13.1. The van der Waals surface area contributed by atoms with Gasteiger partial charge in [-0.2, -0.15) is 0 Å². The second kappa shape index (κ2) is 7.49. The first-order chi connectivity index (χ1) is 12.8. The molecule has 1 amide bonds. The highest BCUT2D eigenvalue weighted by atomic mass is 19.1. The highest BCUT2D eigenvalue weighted by Gasteiger charge is 2.20. The summed E-state index contributed by atoms with van der Waals surface area (Å²) in [5.41, 5.74) is 7.53. The fraction of sp³-hybridized carbons (Fsp3) is 0.200. The van der Waals surface area contributed by atoms with Gasteiger partial charge < -0.3 is 11.1 Å². The van der Waals surface area contributed by atoms with Crippen molar-refractivity contribution in [2.45, 2.75) is 19.3 Å². The highest BCUT2D eigenvalue weighted by molar-refractivity contribution is 5.93. The molecule has 3 aromatic rings. The molecule has 0 saturated carbocycles. The van der Waals surface area contributed by atoms with E-state index in [0.717, 1.165) is 5.56 Å². The van der Waals surface area contributed by atoms with Gasteiger partial charge in [0, 0.05) is 23.7 Å². The lowest BCUT2D eigenvalue weighted by Gasteiger charge is -2.25. The summed E-state index contributed by atoms with van der Waals surface area (Å²) in [6.45, 7) is 4.73. The number of halogens is 1. The maximum Gasteiger partial charge on any atom is 0.248 e. The fourth-order valence-electron chi connectivity index (χ4n) is 2.60. The van der Waals surface area contributed by atoms with Gasteiger partial charge in [-0.25, -0.2) is 4.39 Å². The van der Waals surface area contributed by atoms with Gasteiger partial charge in [-0.05, 0) is 42.0 Å². The van der Waals surface area contributed by atoms with Crippen molar-refractivity contribution in [2.24, 2.45) is 5.73 Å². The summed E-state index contributed by atoms with van der Waals surface area (Å²) in [5.74, 6) is -0.161. The Balaban J connectivity index is 1.70. The van der Waals surface area contributed by atoms with E-state index >= 15 is 0 Å². The number of hydrogen-bond acceptors (Lipinski definition) is 5. The number of rotatable bonds is 6. The molecule has 0 aliphatic rings. The number of pyridine rings is 1. The molecule has 0 aliphatic carbocycles. The van der Waals surface area contributed by atoms with E-state index < -0.39 is 5.91 Å². The summed E-state index contributed by atoms with van der Waals surface area (Å²) < 4.78 is 13.1. The first-order valence-electron chi connectivity index (χ1n) is 8.45. The van der Waals surface area contributed by atoms with Crippen molar-refractivity contribution in [3.63, 3.8) is 0 Å². The predicted octanol–water partition coefficient (Wildman–Crippen LogP) is 3.17. The molecule has 0 aliphatic heterocycles. The van der Waals surface area contributed by atoms with E-state index in [-0.39, 0.29) is 11.2 Å². The van der Waals surface area contributed by atoms with E-state index in [1.165, 1.54) is 18.3 Å². The number of aromatic nitrogens is 3. The monoisotopic (exact) mass is 365 g/mol. The Morgan fingerprint density at radius 1 is 1.07 bits per heavy atom. The Bertz CT molecular complexity index is 939. The van der Waals surface area contributed by atoms with Gasteiger partial charge in [-0.1, -0.05) is 26.0 Å². The van der Waals surface area contributed by atoms with Crippen LogP contribution in [0.2, 0.25) is 0 Å².